The van der Waals surface area contributed by atoms with Crippen molar-refractivity contribution < 1.29 is 23.9 Å². The quantitative estimate of drug-likeness (QED) is 0.702. The molecule has 3 amide bonds. The van der Waals surface area contributed by atoms with Gasteiger partial charge in [0.05, 0.1) is 17.7 Å². The first-order chi connectivity index (χ1) is 17.3. The highest BCUT2D eigenvalue weighted by atomic mass is 16.5. The van der Waals surface area contributed by atoms with Crippen LogP contribution in [0.3, 0.4) is 0 Å². The van der Waals surface area contributed by atoms with Gasteiger partial charge in [-0.3, -0.25) is 14.4 Å². The van der Waals surface area contributed by atoms with Gasteiger partial charge in [0.15, 0.2) is 0 Å². The lowest BCUT2D eigenvalue weighted by Crippen LogP contribution is -2.48. The van der Waals surface area contributed by atoms with Crippen LogP contribution in [0, 0.1) is 11.8 Å². The van der Waals surface area contributed by atoms with E-state index in [0.29, 0.717) is 35.7 Å². The first-order valence-corrected chi connectivity index (χ1v) is 12.5. The van der Waals surface area contributed by atoms with Gasteiger partial charge in [0.25, 0.3) is 11.8 Å². The predicted octanol–water partition coefficient (Wildman–Crippen LogP) is 3.68. The topological polar surface area (TPSA) is 88.2 Å². The third kappa shape index (κ3) is 5.87. The molecule has 8 nitrogen and oxygen atoms in total. The van der Waals surface area contributed by atoms with Gasteiger partial charge in [-0.1, -0.05) is 25.1 Å². The SMILES string of the molecule is CO[C@@H]1CN(C)C(=O)c2ccc(NC(=O)C3CC3)cc2OC[C@H](C)N(C(=O)c2ccccc2)C[C@H]1C. The number of ether oxygens (including phenoxy) is 2. The van der Waals surface area contributed by atoms with Crippen molar-refractivity contribution in [2.24, 2.45) is 11.8 Å². The zero-order valence-corrected chi connectivity index (χ0v) is 21.4. The number of fused-ring (bicyclic) bond motifs is 1. The predicted molar refractivity (Wildman–Crippen MR) is 137 cm³/mol. The molecule has 0 bridgehead atoms. The van der Waals surface area contributed by atoms with Crippen molar-refractivity contribution in [3.8, 4) is 5.75 Å². The van der Waals surface area contributed by atoms with Crippen LogP contribution in [0.5, 0.6) is 5.75 Å². The Morgan fingerprint density at radius 3 is 2.44 bits per heavy atom. The molecule has 36 heavy (non-hydrogen) atoms. The fraction of sp³-hybridized carbons (Fsp3) is 0.464. The van der Waals surface area contributed by atoms with Crippen molar-refractivity contribution in [1.29, 1.82) is 0 Å². The summed E-state index contributed by atoms with van der Waals surface area (Å²) in [7, 11) is 3.36. The van der Waals surface area contributed by atoms with E-state index in [9.17, 15) is 14.4 Å². The fourth-order valence-electron chi connectivity index (χ4n) is 4.47. The van der Waals surface area contributed by atoms with Crippen molar-refractivity contribution in [2.45, 2.75) is 38.8 Å². The smallest absolute Gasteiger partial charge is 0.257 e. The molecular weight excluding hydrogens is 458 g/mol. The van der Waals surface area contributed by atoms with Crippen LogP contribution in [-0.4, -0.2) is 73.5 Å². The van der Waals surface area contributed by atoms with E-state index < -0.39 is 0 Å². The summed E-state index contributed by atoms with van der Waals surface area (Å²) in [5.74, 6) is 0.119. The molecule has 0 radical (unpaired) electrons. The van der Waals surface area contributed by atoms with Crippen LogP contribution in [0.4, 0.5) is 5.69 Å². The molecule has 0 aromatic heterocycles. The lowest BCUT2D eigenvalue weighted by atomic mass is 10.0. The van der Waals surface area contributed by atoms with Crippen LogP contribution in [0.1, 0.15) is 47.4 Å². The molecule has 192 valence electrons. The molecule has 1 aliphatic carbocycles. The number of carbonyl (C=O) groups is 3. The Hall–Kier alpha value is -3.39. The standard InChI is InChI=1S/C28H35N3O5/c1-18-15-31(27(33)21-8-6-5-7-9-21)19(2)17-36-24-14-22(29-26(32)20-10-11-20)12-13-23(24)28(34)30(3)16-25(18)35-4/h5-9,12-14,18-20,25H,10-11,15-17H2,1-4H3,(H,29,32)/t18-,19+,25-/m1/s1. The number of carbonyl (C=O) groups excluding carboxylic acids is 3. The molecule has 0 unspecified atom stereocenters. The van der Waals surface area contributed by atoms with Crippen molar-refractivity contribution >= 4 is 23.4 Å². The number of hydrogen-bond donors (Lipinski definition) is 1. The molecule has 2 aliphatic rings. The molecule has 0 saturated heterocycles. The largest absolute Gasteiger partial charge is 0.491 e. The lowest BCUT2D eigenvalue weighted by Gasteiger charge is -2.36. The van der Waals surface area contributed by atoms with Crippen LogP contribution in [0.25, 0.3) is 0 Å². The van der Waals surface area contributed by atoms with Gasteiger partial charge in [0, 0.05) is 56.4 Å². The van der Waals surface area contributed by atoms with E-state index in [1.165, 1.54) is 0 Å². The summed E-state index contributed by atoms with van der Waals surface area (Å²) in [6.45, 7) is 4.96. The van der Waals surface area contributed by atoms with Gasteiger partial charge in [-0.05, 0) is 44.0 Å². The molecule has 1 N–H and O–H groups in total. The molecule has 1 saturated carbocycles. The highest BCUT2D eigenvalue weighted by Gasteiger charge is 2.32. The van der Waals surface area contributed by atoms with E-state index in [2.05, 4.69) is 5.32 Å². The third-order valence-corrected chi connectivity index (χ3v) is 6.94. The molecule has 2 aromatic rings. The first-order valence-electron chi connectivity index (χ1n) is 12.5. The fourth-order valence-corrected chi connectivity index (χ4v) is 4.47. The minimum Gasteiger partial charge on any atom is -0.491 e. The molecule has 4 rings (SSSR count). The first kappa shape index (κ1) is 25.7. The van der Waals surface area contributed by atoms with Crippen LogP contribution in [-0.2, 0) is 9.53 Å². The van der Waals surface area contributed by atoms with Crippen molar-refractivity contribution in [2.75, 3.05) is 39.2 Å². The summed E-state index contributed by atoms with van der Waals surface area (Å²) in [6, 6.07) is 14.0. The summed E-state index contributed by atoms with van der Waals surface area (Å²) in [4.78, 5) is 42.6. The third-order valence-electron chi connectivity index (χ3n) is 6.94. The van der Waals surface area contributed by atoms with Crippen LogP contribution in [0.15, 0.2) is 48.5 Å². The van der Waals surface area contributed by atoms with Gasteiger partial charge in [-0.15, -0.1) is 0 Å². The zero-order chi connectivity index (χ0) is 25.8. The van der Waals surface area contributed by atoms with Gasteiger partial charge in [0.2, 0.25) is 5.91 Å². The molecule has 1 aliphatic heterocycles. The Balaban J connectivity index is 1.66. The summed E-state index contributed by atoms with van der Waals surface area (Å²) in [5, 5.41) is 2.92. The van der Waals surface area contributed by atoms with E-state index in [0.717, 1.165) is 12.8 Å². The number of rotatable bonds is 4. The van der Waals surface area contributed by atoms with Crippen LogP contribution in [0.2, 0.25) is 0 Å². The Labute approximate surface area is 212 Å². The van der Waals surface area contributed by atoms with E-state index in [4.69, 9.17) is 9.47 Å². The monoisotopic (exact) mass is 493 g/mol. The maximum absolute atomic E-state index is 13.5. The zero-order valence-electron chi connectivity index (χ0n) is 21.4. The van der Waals surface area contributed by atoms with Crippen LogP contribution >= 0.6 is 0 Å². The Bertz CT molecular complexity index is 1100. The second-order valence-corrected chi connectivity index (χ2v) is 9.90. The maximum Gasteiger partial charge on any atom is 0.257 e. The van der Waals surface area contributed by atoms with Gasteiger partial charge < -0.3 is 24.6 Å². The number of anilines is 1. The average molecular weight is 494 g/mol. The van der Waals surface area contributed by atoms with E-state index in [1.807, 2.05) is 36.9 Å². The van der Waals surface area contributed by atoms with Crippen molar-refractivity contribution in [3.05, 3.63) is 59.7 Å². The number of benzene rings is 2. The number of likely N-dealkylation sites (N-methyl/N-ethyl adjacent to an activating group) is 1. The number of nitrogens with zero attached hydrogens (tertiary/aromatic N) is 2. The minimum absolute atomic E-state index is 0.0172. The summed E-state index contributed by atoms with van der Waals surface area (Å²) in [5.41, 5.74) is 1.59. The van der Waals surface area contributed by atoms with Gasteiger partial charge in [-0.25, -0.2) is 0 Å². The highest BCUT2D eigenvalue weighted by Crippen LogP contribution is 2.32. The molecular formula is C28H35N3O5. The van der Waals surface area contributed by atoms with E-state index in [1.54, 1.807) is 49.4 Å². The molecule has 3 atom stereocenters. The molecule has 0 spiro atoms. The second-order valence-electron chi connectivity index (χ2n) is 9.90. The summed E-state index contributed by atoms with van der Waals surface area (Å²) < 4.78 is 11.9. The van der Waals surface area contributed by atoms with Crippen molar-refractivity contribution in [3.63, 3.8) is 0 Å². The highest BCUT2D eigenvalue weighted by molar-refractivity contribution is 5.99. The van der Waals surface area contributed by atoms with Crippen LogP contribution < -0.4 is 10.1 Å². The molecule has 2 aromatic carbocycles. The Morgan fingerprint density at radius 2 is 1.78 bits per heavy atom. The Morgan fingerprint density at radius 1 is 1.06 bits per heavy atom. The lowest BCUT2D eigenvalue weighted by molar-refractivity contribution is -0.117. The van der Waals surface area contributed by atoms with Gasteiger partial charge in [0.1, 0.15) is 12.4 Å². The van der Waals surface area contributed by atoms with Gasteiger partial charge in [-0.2, -0.15) is 0 Å². The number of hydrogen-bond acceptors (Lipinski definition) is 5. The van der Waals surface area contributed by atoms with Gasteiger partial charge >= 0.3 is 0 Å². The number of amides is 3. The minimum atomic E-state index is -0.275. The molecule has 1 fully saturated rings. The van der Waals surface area contributed by atoms with E-state index in [-0.39, 0.29) is 48.3 Å². The summed E-state index contributed by atoms with van der Waals surface area (Å²) >= 11 is 0. The summed E-state index contributed by atoms with van der Waals surface area (Å²) in [6.07, 6.45) is 1.54. The molecule has 8 heteroatoms. The number of methoxy groups -OCH3 is 1. The van der Waals surface area contributed by atoms with E-state index >= 15 is 0 Å². The second kappa shape index (κ2) is 11.1. The van der Waals surface area contributed by atoms with Crippen molar-refractivity contribution in [1.82, 2.24) is 9.80 Å². The average Bonchev–Trinajstić information content (AvgIpc) is 3.74. The number of nitrogens with one attached hydrogen (secondary N) is 1. The normalized spacial score (nSPS) is 23.1. The Kier molecular flexibility index (Phi) is 7.94. The maximum atomic E-state index is 13.5. The molecule has 1 heterocycles.